The average molecular weight is 213 g/mol. The van der Waals surface area contributed by atoms with Gasteiger partial charge < -0.3 is 9.46 Å². The molecule has 74 valence electrons. The van der Waals surface area contributed by atoms with E-state index in [1.807, 2.05) is 0 Å². The van der Waals surface area contributed by atoms with Crippen molar-refractivity contribution in [1.29, 1.82) is 0 Å². The number of sulfonamides is 1. The van der Waals surface area contributed by atoms with Crippen LogP contribution in [0.3, 0.4) is 0 Å². The molecule has 0 aromatic carbocycles. The topological polar surface area (TPSA) is 57.5 Å². The summed E-state index contributed by atoms with van der Waals surface area (Å²) in [6.07, 6.45) is 0. The van der Waals surface area contributed by atoms with Gasteiger partial charge in [-0.3, -0.25) is 0 Å². The van der Waals surface area contributed by atoms with E-state index in [0.29, 0.717) is 0 Å². The Morgan fingerprint density at radius 1 is 1.38 bits per heavy atom. The molecule has 0 rings (SSSR count). The largest absolute Gasteiger partial charge is 1.00 e. The Hall–Kier alpha value is 0.257. The molecule has 0 aliphatic heterocycles. The van der Waals surface area contributed by atoms with Crippen LogP contribution in [0.4, 0.5) is 13.2 Å². The van der Waals surface area contributed by atoms with Crippen LogP contribution in [0.25, 0.3) is 4.72 Å². The molecule has 0 heterocycles. The van der Waals surface area contributed by atoms with Gasteiger partial charge in [0.15, 0.2) is 10.0 Å². The monoisotopic (exact) mass is 213 g/mol. The summed E-state index contributed by atoms with van der Waals surface area (Å²) >= 11 is 0. The number of halogens is 3. The maximum atomic E-state index is 11.5. The Morgan fingerprint density at radius 3 is 2.15 bits per heavy atom. The van der Waals surface area contributed by atoms with E-state index in [0.717, 1.165) is 0 Å². The number of ether oxygens (including phenoxy) is 1. The zero-order chi connectivity index (χ0) is 9.83. The third-order valence-electron chi connectivity index (χ3n) is 0.849. The minimum Gasteiger partial charge on any atom is -0.539 e. The van der Waals surface area contributed by atoms with E-state index in [-0.39, 0.29) is 25.5 Å². The van der Waals surface area contributed by atoms with Crippen molar-refractivity contribution >= 4 is 10.0 Å². The van der Waals surface area contributed by atoms with Crippen LogP contribution in [-0.4, -0.2) is 34.2 Å². The molecule has 0 aromatic rings. The van der Waals surface area contributed by atoms with E-state index in [2.05, 4.69) is 9.46 Å². The quantitative estimate of drug-likeness (QED) is 0.395. The van der Waals surface area contributed by atoms with Crippen molar-refractivity contribution in [3.63, 3.8) is 0 Å². The fraction of sp³-hybridized carbons (Fsp3) is 1.00. The number of rotatable bonds is 4. The number of nitrogens with zero attached hydrogens (tertiary/aromatic N) is 1. The first-order valence-electron chi connectivity index (χ1n) is 2.80. The third-order valence-corrected chi connectivity index (χ3v) is 1.96. The number of alkyl halides is 3. The molecule has 0 saturated carbocycles. The summed E-state index contributed by atoms with van der Waals surface area (Å²) < 4.78 is 61.7. The second-order valence-electron chi connectivity index (χ2n) is 1.77. The summed E-state index contributed by atoms with van der Waals surface area (Å²) in [5.74, 6) is 0. The van der Waals surface area contributed by atoms with Gasteiger partial charge in [-0.2, -0.15) is 13.2 Å². The zero-order valence-corrected chi connectivity index (χ0v) is 7.94. The molecule has 0 unspecified atom stereocenters. The summed E-state index contributed by atoms with van der Waals surface area (Å²) in [5, 5.41) is 0. The molecule has 4 nitrogen and oxygen atoms in total. The van der Waals surface area contributed by atoms with Gasteiger partial charge in [0.2, 0.25) is 0 Å². The first-order valence-corrected chi connectivity index (χ1v) is 4.24. The smallest absolute Gasteiger partial charge is 0.539 e. The summed E-state index contributed by atoms with van der Waals surface area (Å²) in [7, 11) is -4.09. The maximum absolute atomic E-state index is 11.5. The van der Waals surface area contributed by atoms with Crippen molar-refractivity contribution in [2.75, 3.05) is 20.3 Å². The molecule has 0 amide bonds. The van der Waals surface area contributed by atoms with E-state index in [1.54, 1.807) is 0 Å². The maximum Gasteiger partial charge on any atom is 1.00 e. The van der Waals surface area contributed by atoms with E-state index in [9.17, 15) is 21.6 Å². The van der Waals surface area contributed by atoms with Crippen LogP contribution in [0.15, 0.2) is 0 Å². The predicted octanol–water partition coefficient (Wildman–Crippen LogP) is -2.14. The SMILES string of the molecule is COCC[N-]S(=O)(=O)C(F)(F)F.[Li+]. The van der Waals surface area contributed by atoms with E-state index >= 15 is 0 Å². The molecular formula is C4H7F3LiNO3S. The Labute approximate surface area is 86.1 Å². The van der Waals surface area contributed by atoms with Crippen molar-refractivity contribution in [2.45, 2.75) is 5.51 Å². The van der Waals surface area contributed by atoms with Crippen LogP contribution < -0.4 is 18.9 Å². The van der Waals surface area contributed by atoms with Gasteiger partial charge >= 0.3 is 24.4 Å². The standard InChI is InChI=1S/C4H7F3NO3S.Li/c1-11-3-2-8-12(9,10)4(5,6)7;/h2-3H2,1H3;/q-1;+1. The van der Waals surface area contributed by atoms with E-state index in [1.165, 1.54) is 7.11 Å². The Balaban J connectivity index is 0. The van der Waals surface area contributed by atoms with Gasteiger partial charge in [-0.1, -0.05) is 0 Å². The Bertz CT molecular complexity index is 227. The second-order valence-corrected chi connectivity index (χ2v) is 3.44. The van der Waals surface area contributed by atoms with Gasteiger partial charge in [0, 0.05) is 13.7 Å². The van der Waals surface area contributed by atoms with E-state index in [4.69, 9.17) is 0 Å². The molecule has 0 N–H and O–H groups in total. The summed E-state index contributed by atoms with van der Waals surface area (Å²) in [6, 6.07) is 0. The van der Waals surface area contributed by atoms with Crippen LogP contribution in [0.1, 0.15) is 0 Å². The van der Waals surface area contributed by atoms with Crippen molar-refractivity contribution in [2.24, 2.45) is 0 Å². The van der Waals surface area contributed by atoms with Crippen molar-refractivity contribution in [1.82, 2.24) is 0 Å². The number of hydrogen-bond donors (Lipinski definition) is 0. The fourth-order valence-corrected chi connectivity index (χ4v) is 0.783. The minimum atomic E-state index is -5.32. The fourth-order valence-electron chi connectivity index (χ4n) is 0.322. The summed E-state index contributed by atoms with van der Waals surface area (Å²) in [5.41, 5.74) is -5.30. The van der Waals surface area contributed by atoms with E-state index < -0.39 is 22.1 Å². The van der Waals surface area contributed by atoms with Crippen LogP contribution in [-0.2, 0) is 14.8 Å². The molecule has 0 aromatic heterocycles. The van der Waals surface area contributed by atoms with Gasteiger partial charge in [-0.25, -0.2) is 8.42 Å². The zero-order valence-electron chi connectivity index (χ0n) is 7.13. The molecule has 0 radical (unpaired) electrons. The molecule has 0 aliphatic carbocycles. The Kier molecular flexibility index (Phi) is 7.11. The van der Waals surface area contributed by atoms with Gasteiger partial charge in [0.05, 0.1) is 0 Å². The third kappa shape index (κ3) is 5.54. The number of hydrogen-bond acceptors (Lipinski definition) is 3. The first-order chi connectivity index (χ1) is 5.31. The molecule has 0 fully saturated rings. The molecule has 0 saturated heterocycles. The molecule has 0 bridgehead atoms. The minimum absolute atomic E-state index is 0. The van der Waals surface area contributed by atoms with Gasteiger partial charge in [-0.15, -0.1) is 6.54 Å². The van der Waals surface area contributed by atoms with Gasteiger partial charge in [-0.05, 0) is 0 Å². The molecular weight excluding hydrogens is 206 g/mol. The normalized spacial score (nSPS) is 12.3. The average Bonchev–Trinajstić information content (AvgIpc) is 1.85. The van der Waals surface area contributed by atoms with Crippen LogP contribution in [0.5, 0.6) is 0 Å². The Morgan fingerprint density at radius 2 is 1.85 bits per heavy atom. The molecule has 9 heteroatoms. The van der Waals surface area contributed by atoms with Crippen LogP contribution in [0, 0.1) is 0 Å². The molecule has 0 atom stereocenters. The van der Waals surface area contributed by atoms with Crippen molar-refractivity contribution in [3.05, 3.63) is 4.72 Å². The predicted molar refractivity (Wildman–Crippen MR) is 35.1 cm³/mol. The molecule has 0 spiro atoms. The molecule has 0 aliphatic rings. The summed E-state index contributed by atoms with van der Waals surface area (Å²) in [4.78, 5) is 0. The first kappa shape index (κ1) is 15.7. The number of methoxy groups -OCH3 is 1. The summed E-state index contributed by atoms with van der Waals surface area (Å²) in [6.45, 7) is -0.673. The van der Waals surface area contributed by atoms with Gasteiger partial charge in [0.1, 0.15) is 0 Å². The van der Waals surface area contributed by atoms with Crippen LogP contribution >= 0.6 is 0 Å². The van der Waals surface area contributed by atoms with Crippen molar-refractivity contribution in [3.8, 4) is 0 Å². The molecule has 13 heavy (non-hydrogen) atoms. The van der Waals surface area contributed by atoms with Crippen LogP contribution in [0.2, 0.25) is 0 Å². The second kappa shape index (κ2) is 5.88. The van der Waals surface area contributed by atoms with Crippen molar-refractivity contribution < 1.29 is 45.2 Å². The van der Waals surface area contributed by atoms with Gasteiger partial charge in [0.25, 0.3) is 0 Å².